The van der Waals surface area contributed by atoms with Crippen LogP contribution in [0.2, 0.25) is 5.02 Å². The maximum Gasteiger partial charge on any atom is 0.0451 e. The fraction of sp³-hybridized carbons (Fsp3) is 0.625. The molecule has 1 spiro atoms. The summed E-state index contributed by atoms with van der Waals surface area (Å²) in [5.41, 5.74) is 1.79. The number of hydrogen-bond acceptors (Lipinski definition) is 2. The predicted molar refractivity (Wildman–Crippen MR) is 80.5 cm³/mol. The van der Waals surface area contributed by atoms with Crippen molar-refractivity contribution in [3.05, 3.63) is 34.9 Å². The minimum Gasteiger partial charge on any atom is -0.316 e. The summed E-state index contributed by atoms with van der Waals surface area (Å²) >= 11 is 6.28. The van der Waals surface area contributed by atoms with E-state index >= 15 is 0 Å². The van der Waals surface area contributed by atoms with E-state index in [0.717, 1.165) is 11.6 Å². The lowest BCUT2D eigenvalue weighted by atomic mass is 9.74. The Bertz CT molecular complexity index is 421. The minimum atomic E-state index is 0.526. The van der Waals surface area contributed by atoms with Crippen molar-refractivity contribution in [2.24, 2.45) is 5.41 Å². The van der Waals surface area contributed by atoms with Gasteiger partial charge in [-0.3, -0.25) is 4.90 Å². The minimum absolute atomic E-state index is 0.526. The van der Waals surface area contributed by atoms with Crippen LogP contribution >= 0.6 is 11.6 Å². The highest BCUT2D eigenvalue weighted by Crippen LogP contribution is 2.36. The first-order valence-corrected chi connectivity index (χ1v) is 7.82. The number of halogens is 1. The second-order valence-corrected chi connectivity index (χ2v) is 6.59. The number of piperidine rings is 2. The molecule has 2 aliphatic rings. The average Bonchev–Trinajstić information content (AvgIpc) is 2.42. The van der Waals surface area contributed by atoms with Crippen molar-refractivity contribution in [1.29, 1.82) is 0 Å². The molecule has 1 aromatic carbocycles. The van der Waals surface area contributed by atoms with Gasteiger partial charge in [-0.15, -0.1) is 0 Å². The van der Waals surface area contributed by atoms with Gasteiger partial charge in [0.25, 0.3) is 0 Å². The molecule has 2 fully saturated rings. The molecule has 0 amide bonds. The molecule has 1 aromatic rings. The molecule has 104 valence electrons. The highest BCUT2D eigenvalue weighted by atomic mass is 35.5. The first-order chi connectivity index (χ1) is 9.27. The van der Waals surface area contributed by atoms with Crippen LogP contribution in [0.15, 0.2) is 24.3 Å². The molecule has 0 aliphatic carbocycles. The molecule has 3 rings (SSSR count). The first kappa shape index (κ1) is 13.4. The molecule has 2 saturated heterocycles. The smallest absolute Gasteiger partial charge is 0.0451 e. The molecule has 0 aromatic heterocycles. The summed E-state index contributed by atoms with van der Waals surface area (Å²) in [5.74, 6) is 0. The summed E-state index contributed by atoms with van der Waals surface area (Å²) in [6.07, 6.45) is 5.43. The van der Waals surface area contributed by atoms with E-state index in [-0.39, 0.29) is 0 Å². The summed E-state index contributed by atoms with van der Waals surface area (Å²) in [6.45, 7) is 5.85. The Hall–Kier alpha value is -0.570. The standard InChI is InChI=1S/C16H23ClN2/c17-15-6-2-1-5-14(15)11-19-10-4-8-16(13-19)7-3-9-18-12-16/h1-2,5-6,18H,3-4,7-13H2. The van der Waals surface area contributed by atoms with Gasteiger partial charge in [0, 0.05) is 24.7 Å². The summed E-state index contributed by atoms with van der Waals surface area (Å²) in [6, 6.07) is 8.25. The van der Waals surface area contributed by atoms with Crippen LogP contribution in [0.3, 0.4) is 0 Å². The molecule has 1 atom stereocenters. The van der Waals surface area contributed by atoms with Crippen molar-refractivity contribution in [3.8, 4) is 0 Å². The van der Waals surface area contributed by atoms with Gasteiger partial charge in [0.15, 0.2) is 0 Å². The van der Waals surface area contributed by atoms with Crippen molar-refractivity contribution in [2.45, 2.75) is 32.2 Å². The van der Waals surface area contributed by atoms with Crippen LogP contribution in [0.4, 0.5) is 0 Å². The fourth-order valence-corrected chi connectivity index (χ4v) is 3.89. The zero-order valence-electron chi connectivity index (χ0n) is 11.5. The Morgan fingerprint density at radius 2 is 2.05 bits per heavy atom. The van der Waals surface area contributed by atoms with Crippen LogP contribution < -0.4 is 5.32 Å². The molecule has 2 heterocycles. The van der Waals surface area contributed by atoms with Gasteiger partial charge >= 0.3 is 0 Å². The Morgan fingerprint density at radius 3 is 2.84 bits per heavy atom. The Labute approximate surface area is 121 Å². The highest BCUT2D eigenvalue weighted by Gasteiger charge is 2.36. The lowest BCUT2D eigenvalue weighted by Gasteiger charge is -2.45. The Kier molecular flexibility index (Phi) is 4.11. The van der Waals surface area contributed by atoms with Gasteiger partial charge in [-0.1, -0.05) is 29.8 Å². The van der Waals surface area contributed by atoms with E-state index in [1.165, 1.54) is 57.4 Å². The van der Waals surface area contributed by atoms with Gasteiger partial charge in [-0.25, -0.2) is 0 Å². The molecule has 2 aliphatic heterocycles. The lowest BCUT2D eigenvalue weighted by Crippen LogP contribution is -2.50. The fourth-order valence-electron chi connectivity index (χ4n) is 3.69. The molecule has 1 unspecified atom stereocenters. The quantitative estimate of drug-likeness (QED) is 0.893. The van der Waals surface area contributed by atoms with Crippen LogP contribution in [-0.4, -0.2) is 31.1 Å². The van der Waals surface area contributed by atoms with E-state index in [9.17, 15) is 0 Å². The summed E-state index contributed by atoms with van der Waals surface area (Å²) < 4.78 is 0. The molecule has 3 heteroatoms. The number of likely N-dealkylation sites (tertiary alicyclic amines) is 1. The third kappa shape index (κ3) is 3.13. The molecule has 19 heavy (non-hydrogen) atoms. The Morgan fingerprint density at radius 1 is 1.21 bits per heavy atom. The van der Waals surface area contributed by atoms with Gasteiger partial charge in [0.05, 0.1) is 0 Å². The Balaban J connectivity index is 1.67. The highest BCUT2D eigenvalue weighted by molar-refractivity contribution is 6.31. The SMILES string of the molecule is Clc1ccccc1CN1CCCC2(CCCNC2)C1. The molecule has 1 N–H and O–H groups in total. The van der Waals surface area contributed by atoms with Crippen molar-refractivity contribution in [3.63, 3.8) is 0 Å². The summed E-state index contributed by atoms with van der Waals surface area (Å²) in [4.78, 5) is 2.59. The molecule has 0 radical (unpaired) electrons. The van der Waals surface area contributed by atoms with E-state index in [0.29, 0.717) is 5.41 Å². The van der Waals surface area contributed by atoms with Crippen molar-refractivity contribution >= 4 is 11.6 Å². The van der Waals surface area contributed by atoms with Gasteiger partial charge in [-0.05, 0) is 55.8 Å². The normalized spacial score (nSPS) is 28.7. The number of nitrogens with one attached hydrogen (secondary N) is 1. The molecule has 0 bridgehead atoms. The molecule has 2 nitrogen and oxygen atoms in total. The number of hydrogen-bond donors (Lipinski definition) is 1. The zero-order chi connectivity index (χ0) is 13.1. The van der Waals surface area contributed by atoms with E-state index in [1.54, 1.807) is 0 Å². The van der Waals surface area contributed by atoms with Crippen molar-refractivity contribution in [1.82, 2.24) is 10.2 Å². The van der Waals surface area contributed by atoms with E-state index in [4.69, 9.17) is 11.6 Å². The van der Waals surface area contributed by atoms with Gasteiger partial charge in [0.1, 0.15) is 0 Å². The average molecular weight is 279 g/mol. The van der Waals surface area contributed by atoms with Gasteiger partial charge in [0.2, 0.25) is 0 Å². The second-order valence-electron chi connectivity index (χ2n) is 6.19. The third-order valence-electron chi connectivity index (χ3n) is 4.65. The molecular weight excluding hydrogens is 256 g/mol. The third-order valence-corrected chi connectivity index (χ3v) is 5.02. The largest absolute Gasteiger partial charge is 0.316 e. The van der Waals surface area contributed by atoms with Crippen LogP contribution in [0.25, 0.3) is 0 Å². The van der Waals surface area contributed by atoms with E-state index in [1.807, 2.05) is 12.1 Å². The maximum absolute atomic E-state index is 6.28. The monoisotopic (exact) mass is 278 g/mol. The van der Waals surface area contributed by atoms with Crippen LogP contribution in [0.5, 0.6) is 0 Å². The maximum atomic E-state index is 6.28. The first-order valence-electron chi connectivity index (χ1n) is 7.44. The zero-order valence-corrected chi connectivity index (χ0v) is 12.3. The van der Waals surface area contributed by atoms with Gasteiger partial charge < -0.3 is 5.32 Å². The number of rotatable bonds is 2. The lowest BCUT2D eigenvalue weighted by molar-refractivity contribution is 0.0601. The van der Waals surface area contributed by atoms with Crippen molar-refractivity contribution < 1.29 is 0 Å². The number of benzene rings is 1. The van der Waals surface area contributed by atoms with Crippen LogP contribution in [0, 0.1) is 5.41 Å². The second kappa shape index (κ2) is 5.82. The molecule has 0 saturated carbocycles. The van der Waals surface area contributed by atoms with Crippen LogP contribution in [0.1, 0.15) is 31.2 Å². The summed E-state index contributed by atoms with van der Waals surface area (Å²) in [7, 11) is 0. The topological polar surface area (TPSA) is 15.3 Å². The molecular formula is C16H23ClN2. The number of nitrogens with zero attached hydrogens (tertiary/aromatic N) is 1. The van der Waals surface area contributed by atoms with Crippen LogP contribution in [-0.2, 0) is 6.54 Å². The predicted octanol–water partition coefficient (Wildman–Crippen LogP) is 3.31. The van der Waals surface area contributed by atoms with Crippen molar-refractivity contribution in [2.75, 3.05) is 26.2 Å². The summed E-state index contributed by atoms with van der Waals surface area (Å²) in [5, 5.41) is 4.49. The van der Waals surface area contributed by atoms with Gasteiger partial charge in [-0.2, -0.15) is 0 Å². The van der Waals surface area contributed by atoms with E-state index in [2.05, 4.69) is 22.3 Å². The van der Waals surface area contributed by atoms with E-state index < -0.39 is 0 Å².